The fraction of sp³-hybridized carbons (Fsp3) is 1.00. The standard InChI is InChI=1S/C13H29N3O2S/c1-3-4-10-19(17,18)16-7-5-6-15(8-9-16)12-13(2)11-14/h13H,3-12,14H2,1-2H3. The molecule has 19 heavy (non-hydrogen) atoms. The van der Waals surface area contributed by atoms with Gasteiger partial charge in [-0.25, -0.2) is 12.7 Å². The van der Waals surface area contributed by atoms with Crippen molar-refractivity contribution in [2.75, 3.05) is 45.0 Å². The highest BCUT2D eigenvalue weighted by Crippen LogP contribution is 2.11. The van der Waals surface area contributed by atoms with Crippen LogP contribution in [0.5, 0.6) is 0 Å². The van der Waals surface area contributed by atoms with E-state index in [1.54, 1.807) is 4.31 Å². The Bertz CT molecular complexity index is 346. The number of sulfonamides is 1. The Kier molecular flexibility index (Phi) is 7.28. The highest BCUT2D eigenvalue weighted by molar-refractivity contribution is 7.89. The van der Waals surface area contributed by atoms with Crippen molar-refractivity contribution in [3.63, 3.8) is 0 Å². The third-order valence-corrected chi connectivity index (χ3v) is 5.63. The zero-order chi connectivity index (χ0) is 14.3. The van der Waals surface area contributed by atoms with E-state index in [0.29, 0.717) is 31.3 Å². The van der Waals surface area contributed by atoms with Gasteiger partial charge in [0, 0.05) is 26.2 Å². The Morgan fingerprint density at radius 1 is 1.21 bits per heavy atom. The van der Waals surface area contributed by atoms with Crippen molar-refractivity contribution in [1.29, 1.82) is 0 Å². The van der Waals surface area contributed by atoms with Gasteiger partial charge in [-0.3, -0.25) is 0 Å². The molecule has 5 nitrogen and oxygen atoms in total. The average Bonchev–Trinajstić information content (AvgIpc) is 2.62. The van der Waals surface area contributed by atoms with Gasteiger partial charge in [0.15, 0.2) is 0 Å². The van der Waals surface area contributed by atoms with E-state index in [9.17, 15) is 8.42 Å². The molecule has 114 valence electrons. The lowest BCUT2D eigenvalue weighted by molar-refractivity contribution is 0.250. The third kappa shape index (κ3) is 5.77. The summed E-state index contributed by atoms with van der Waals surface area (Å²) in [5, 5.41) is 0. The maximum absolute atomic E-state index is 12.2. The molecule has 1 atom stereocenters. The summed E-state index contributed by atoms with van der Waals surface area (Å²) in [5.74, 6) is 0.770. The first-order valence-electron chi connectivity index (χ1n) is 7.39. The van der Waals surface area contributed by atoms with Crippen molar-refractivity contribution in [2.24, 2.45) is 11.7 Å². The number of rotatable bonds is 7. The monoisotopic (exact) mass is 291 g/mol. The Labute approximate surface area is 118 Å². The summed E-state index contributed by atoms with van der Waals surface area (Å²) in [6, 6.07) is 0. The number of nitrogens with zero attached hydrogens (tertiary/aromatic N) is 2. The molecule has 1 aliphatic rings. The molecule has 0 aromatic carbocycles. The molecule has 1 aliphatic heterocycles. The second kappa shape index (κ2) is 8.19. The predicted octanol–water partition coefficient (Wildman–Crippen LogP) is 0.719. The lowest BCUT2D eigenvalue weighted by Crippen LogP contribution is -2.38. The Hall–Kier alpha value is -0.170. The van der Waals surface area contributed by atoms with Crippen LogP contribution in [0.4, 0.5) is 0 Å². The van der Waals surface area contributed by atoms with E-state index in [2.05, 4.69) is 11.8 Å². The highest BCUT2D eigenvalue weighted by Gasteiger charge is 2.24. The van der Waals surface area contributed by atoms with Crippen molar-refractivity contribution >= 4 is 10.0 Å². The Balaban J connectivity index is 2.49. The molecule has 0 spiro atoms. The number of hydrogen-bond acceptors (Lipinski definition) is 4. The quantitative estimate of drug-likeness (QED) is 0.750. The fourth-order valence-corrected chi connectivity index (χ4v) is 4.06. The van der Waals surface area contributed by atoms with Crippen LogP contribution in [0.1, 0.15) is 33.1 Å². The summed E-state index contributed by atoms with van der Waals surface area (Å²) in [7, 11) is -3.04. The van der Waals surface area contributed by atoms with E-state index in [4.69, 9.17) is 5.73 Å². The first-order valence-corrected chi connectivity index (χ1v) is 9.00. The van der Waals surface area contributed by atoms with E-state index in [1.165, 1.54) is 0 Å². The molecule has 0 radical (unpaired) electrons. The maximum atomic E-state index is 12.2. The van der Waals surface area contributed by atoms with Crippen LogP contribution in [-0.4, -0.2) is 62.6 Å². The first kappa shape index (κ1) is 16.9. The van der Waals surface area contributed by atoms with E-state index in [0.717, 1.165) is 38.9 Å². The molecule has 1 heterocycles. The van der Waals surface area contributed by atoms with Crippen molar-refractivity contribution in [3.05, 3.63) is 0 Å². The second-order valence-corrected chi connectivity index (χ2v) is 7.65. The van der Waals surface area contributed by atoms with Crippen molar-refractivity contribution < 1.29 is 8.42 Å². The molecule has 0 aromatic rings. The van der Waals surface area contributed by atoms with Crippen LogP contribution in [0.2, 0.25) is 0 Å². The summed E-state index contributed by atoms with van der Waals surface area (Å²) in [6.45, 7) is 8.92. The summed E-state index contributed by atoms with van der Waals surface area (Å²) in [5.41, 5.74) is 5.65. The number of nitrogens with two attached hydrogens (primary N) is 1. The van der Waals surface area contributed by atoms with E-state index in [-0.39, 0.29) is 0 Å². The van der Waals surface area contributed by atoms with Gasteiger partial charge in [0.05, 0.1) is 5.75 Å². The molecule has 0 bridgehead atoms. The van der Waals surface area contributed by atoms with Crippen LogP contribution in [0.25, 0.3) is 0 Å². The first-order chi connectivity index (χ1) is 8.99. The summed E-state index contributed by atoms with van der Waals surface area (Å²) >= 11 is 0. The van der Waals surface area contributed by atoms with Gasteiger partial charge in [0.25, 0.3) is 0 Å². The molecular weight excluding hydrogens is 262 g/mol. The van der Waals surface area contributed by atoms with Crippen LogP contribution in [0.15, 0.2) is 0 Å². The normalized spacial score (nSPS) is 21.2. The largest absolute Gasteiger partial charge is 0.330 e. The van der Waals surface area contributed by atoms with Crippen LogP contribution in [-0.2, 0) is 10.0 Å². The highest BCUT2D eigenvalue weighted by atomic mass is 32.2. The number of hydrogen-bond donors (Lipinski definition) is 1. The molecule has 6 heteroatoms. The van der Waals surface area contributed by atoms with E-state index < -0.39 is 10.0 Å². The van der Waals surface area contributed by atoms with Crippen LogP contribution in [0, 0.1) is 5.92 Å². The SMILES string of the molecule is CCCCS(=O)(=O)N1CCCN(CC(C)CN)CC1. The fourth-order valence-electron chi connectivity index (χ4n) is 2.38. The minimum atomic E-state index is -3.04. The maximum Gasteiger partial charge on any atom is 0.214 e. The average molecular weight is 291 g/mol. The molecule has 1 rings (SSSR count). The van der Waals surface area contributed by atoms with Crippen LogP contribution < -0.4 is 5.73 Å². The van der Waals surface area contributed by atoms with Gasteiger partial charge in [-0.15, -0.1) is 0 Å². The third-order valence-electron chi connectivity index (χ3n) is 3.67. The topological polar surface area (TPSA) is 66.6 Å². The summed E-state index contributed by atoms with van der Waals surface area (Å²) < 4.78 is 26.0. The van der Waals surface area contributed by atoms with Crippen LogP contribution in [0.3, 0.4) is 0 Å². The van der Waals surface area contributed by atoms with Crippen molar-refractivity contribution in [2.45, 2.75) is 33.1 Å². The molecule has 1 unspecified atom stereocenters. The molecular formula is C13H29N3O2S. The van der Waals surface area contributed by atoms with E-state index >= 15 is 0 Å². The van der Waals surface area contributed by atoms with Gasteiger partial charge in [-0.05, 0) is 31.8 Å². The zero-order valence-corrected chi connectivity index (χ0v) is 13.2. The molecule has 0 aliphatic carbocycles. The predicted molar refractivity (Wildman–Crippen MR) is 79.5 cm³/mol. The van der Waals surface area contributed by atoms with E-state index in [1.807, 2.05) is 6.92 Å². The van der Waals surface area contributed by atoms with Gasteiger partial charge in [-0.1, -0.05) is 20.3 Å². The summed E-state index contributed by atoms with van der Waals surface area (Å²) in [4.78, 5) is 2.34. The van der Waals surface area contributed by atoms with Gasteiger partial charge < -0.3 is 10.6 Å². The molecule has 0 amide bonds. The van der Waals surface area contributed by atoms with Crippen molar-refractivity contribution in [3.8, 4) is 0 Å². The van der Waals surface area contributed by atoms with Gasteiger partial charge in [-0.2, -0.15) is 0 Å². The van der Waals surface area contributed by atoms with Gasteiger partial charge >= 0.3 is 0 Å². The lowest BCUT2D eigenvalue weighted by atomic mass is 10.1. The smallest absolute Gasteiger partial charge is 0.214 e. The number of unbranched alkanes of at least 4 members (excludes halogenated alkanes) is 1. The molecule has 0 aromatic heterocycles. The minimum absolute atomic E-state index is 0.294. The second-order valence-electron chi connectivity index (χ2n) is 5.56. The van der Waals surface area contributed by atoms with Crippen LogP contribution >= 0.6 is 0 Å². The van der Waals surface area contributed by atoms with Gasteiger partial charge in [0.2, 0.25) is 10.0 Å². The van der Waals surface area contributed by atoms with Gasteiger partial charge in [0.1, 0.15) is 0 Å². The zero-order valence-electron chi connectivity index (χ0n) is 12.3. The Morgan fingerprint density at radius 2 is 1.95 bits per heavy atom. The molecule has 2 N–H and O–H groups in total. The molecule has 1 fully saturated rings. The van der Waals surface area contributed by atoms with Crippen molar-refractivity contribution in [1.82, 2.24) is 9.21 Å². The molecule has 0 saturated carbocycles. The minimum Gasteiger partial charge on any atom is -0.330 e. The lowest BCUT2D eigenvalue weighted by Gasteiger charge is -2.23. The Morgan fingerprint density at radius 3 is 2.58 bits per heavy atom. The summed E-state index contributed by atoms with van der Waals surface area (Å²) in [6.07, 6.45) is 2.60. The molecule has 1 saturated heterocycles.